The van der Waals surface area contributed by atoms with E-state index < -0.39 is 45.6 Å². The van der Waals surface area contributed by atoms with E-state index >= 15 is 0 Å². The van der Waals surface area contributed by atoms with Crippen LogP contribution in [0.5, 0.6) is 0 Å². The Hall–Kier alpha value is -3.48. The van der Waals surface area contributed by atoms with Crippen molar-refractivity contribution in [2.75, 3.05) is 20.1 Å². The Morgan fingerprint density at radius 2 is 1.61 bits per heavy atom. The van der Waals surface area contributed by atoms with Gasteiger partial charge in [-0.25, -0.2) is 13.2 Å². The Morgan fingerprint density at radius 1 is 1.02 bits per heavy atom. The molecule has 2 aromatic rings. The zero-order chi connectivity index (χ0) is 31.0. The Kier molecular flexibility index (Phi) is 11.9. The molecule has 0 spiro atoms. The van der Waals surface area contributed by atoms with Crippen molar-refractivity contribution in [3.05, 3.63) is 65.7 Å². The van der Waals surface area contributed by atoms with Crippen LogP contribution in [0.25, 0.3) is 0 Å². The number of rotatable bonds is 13. The van der Waals surface area contributed by atoms with Crippen molar-refractivity contribution in [3.8, 4) is 0 Å². The molecule has 226 valence electrons. The fourth-order valence-electron chi connectivity index (χ4n) is 4.63. The molecular formula is C29H42N4O7S. The van der Waals surface area contributed by atoms with Gasteiger partial charge in [0.15, 0.2) is 0 Å². The van der Waals surface area contributed by atoms with Gasteiger partial charge >= 0.3 is 6.09 Å². The Bertz CT molecular complexity index is 1280. The van der Waals surface area contributed by atoms with Crippen molar-refractivity contribution in [1.82, 2.24) is 14.5 Å². The number of carbonyl (C=O) groups excluding carboxylic acids is 1. The summed E-state index contributed by atoms with van der Waals surface area (Å²) in [6.07, 6.45) is -1.24. The summed E-state index contributed by atoms with van der Waals surface area (Å²) in [5.74, 6) is -0.670. The van der Waals surface area contributed by atoms with Crippen LogP contribution < -0.4 is 5.32 Å². The minimum absolute atomic E-state index is 0.0000330. The molecule has 0 unspecified atom stereocenters. The van der Waals surface area contributed by atoms with Gasteiger partial charge in [-0.1, -0.05) is 82.2 Å². The van der Waals surface area contributed by atoms with E-state index in [-0.39, 0.29) is 30.3 Å². The fraction of sp³-hybridized carbons (Fsp3) is 0.483. The average Bonchev–Trinajstić information content (AvgIpc) is 2.88. The predicted octanol–water partition coefficient (Wildman–Crippen LogP) is 3.25. The SMILES string of the molecule is CC(C)CN(C[C@@H](O)[C@H](Cc1ccccc1)NC(=O)[C@@H](N(C)C(=O)O)C(C)(C)C)S(=O)(=O)c1ccc(C=NO)cc1. The molecule has 0 heterocycles. The molecule has 0 aliphatic rings. The minimum Gasteiger partial charge on any atom is -0.465 e. The quantitative estimate of drug-likeness (QED) is 0.158. The van der Waals surface area contributed by atoms with E-state index in [1.54, 1.807) is 20.8 Å². The van der Waals surface area contributed by atoms with Crippen molar-refractivity contribution in [2.24, 2.45) is 16.5 Å². The maximum absolute atomic E-state index is 13.7. The maximum atomic E-state index is 13.7. The second-order valence-electron chi connectivity index (χ2n) is 11.6. The molecule has 2 amide bonds. The first kappa shape index (κ1) is 33.7. The number of nitrogens with one attached hydrogen (secondary N) is 1. The molecule has 0 radical (unpaired) electrons. The number of sulfonamides is 1. The van der Waals surface area contributed by atoms with Gasteiger partial charge in [0, 0.05) is 20.1 Å². The zero-order valence-corrected chi connectivity index (χ0v) is 25.2. The average molecular weight is 591 g/mol. The number of carboxylic acid groups (broad SMARTS) is 1. The van der Waals surface area contributed by atoms with Crippen molar-refractivity contribution >= 4 is 28.2 Å². The van der Waals surface area contributed by atoms with E-state index in [0.717, 1.165) is 10.5 Å². The number of nitrogens with zero attached hydrogens (tertiary/aromatic N) is 3. The van der Waals surface area contributed by atoms with Crippen LogP contribution in [0.1, 0.15) is 45.7 Å². The first-order valence-electron chi connectivity index (χ1n) is 13.3. The van der Waals surface area contributed by atoms with E-state index in [1.165, 1.54) is 41.8 Å². The normalized spacial score (nSPS) is 14.7. The first-order valence-corrected chi connectivity index (χ1v) is 14.8. The second-order valence-corrected chi connectivity index (χ2v) is 13.5. The zero-order valence-electron chi connectivity index (χ0n) is 24.4. The Labute approximate surface area is 242 Å². The molecule has 4 N–H and O–H groups in total. The lowest BCUT2D eigenvalue weighted by molar-refractivity contribution is -0.130. The van der Waals surface area contributed by atoms with Gasteiger partial charge in [-0.05, 0) is 41.0 Å². The lowest BCUT2D eigenvalue weighted by Crippen LogP contribution is -2.59. The molecule has 0 saturated heterocycles. The summed E-state index contributed by atoms with van der Waals surface area (Å²) in [6.45, 7) is 8.74. The molecule has 0 aliphatic carbocycles. The summed E-state index contributed by atoms with van der Waals surface area (Å²) in [5.41, 5.74) is 0.543. The predicted molar refractivity (Wildman–Crippen MR) is 157 cm³/mol. The van der Waals surface area contributed by atoms with Crippen LogP contribution in [-0.2, 0) is 21.2 Å². The van der Waals surface area contributed by atoms with Crippen LogP contribution in [-0.4, -0.2) is 89.6 Å². The fourth-order valence-corrected chi connectivity index (χ4v) is 6.25. The molecule has 0 bridgehead atoms. The Morgan fingerprint density at radius 3 is 2.10 bits per heavy atom. The Balaban J connectivity index is 2.44. The smallest absolute Gasteiger partial charge is 0.407 e. The van der Waals surface area contributed by atoms with E-state index in [2.05, 4.69) is 10.5 Å². The lowest BCUT2D eigenvalue weighted by Gasteiger charge is -2.37. The molecule has 2 rings (SSSR count). The third-order valence-corrected chi connectivity index (χ3v) is 8.38. The number of aliphatic hydroxyl groups is 1. The third kappa shape index (κ3) is 9.55. The van der Waals surface area contributed by atoms with Gasteiger partial charge in [0.2, 0.25) is 15.9 Å². The molecule has 0 saturated carbocycles. The molecule has 12 heteroatoms. The van der Waals surface area contributed by atoms with Gasteiger partial charge < -0.3 is 20.7 Å². The standard InChI is InChI=1S/C29H42N4O7S/c1-20(2)18-33(41(39,40)23-14-12-22(13-15-23)17-30-38)19-25(34)24(16-21-10-8-7-9-11-21)31-27(35)26(29(3,4)5)32(6)28(36)37/h7-15,17,20,24-26,34,38H,16,18-19H2,1-6H3,(H,31,35)(H,36,37)/t24-,25+,26+/m0/s1. The summed E-state index contributed by atoms with van der Waals surface area (Å²) in [4.78, 5) is 26.2. The molecule has 0 fully saturated rings. The number of oxime groups is 1. The number of benzene rings is 2. The number of aliphatic hydroxyl groups excluding tert-OH is 1. The van der Waals surface area contributed by atoms with Crippen LogP contribution in [0.3, 0.4) is 0 Å². The summed E-state index contributed by atoms with van der Waals surface area (Å²) < 4.78 is 28.5. The highest BCUT2D eigenvalue weighted by Gasteiger charge is 2.39. The topological polar surface area (TPSA) is 160 Å². The number of amides is 2. The first-order chi connectivity index (χ1) is 19.1. The van der Waals surface area contributed by atoms with E-state index in [1.807, 2.05) is 44.2 Å². The molecule has 0 aliphatic heterocycles. The number of likely N-dealkylation sites (N-methyl/N-ethyl adjacent to an activating group) is 1. The maximum Gasteiger partial charge on any atom is 0.407 e. The monoisotopic (exact) mass is 590 g/mol. The van der Waals surface area contributed by atoms with Crippen LogP contribution in [0.2, 0.25) is 0 Å². The van der Waals surface area contributed by atoms with Crippen molar-refractivity contribution in [3.63, 3.8) is 0 Å². The molecule has 0 aromatic heterocycles. The van der Waals surface area contributed by atoms with Crippen LogP contribution in [0.15, 0.2) is 64.6 Å². The van der Waals surface area contributed by atoms with E-state index in [0.29, 0.717) is 5.56 Å². The van der Waals surface area contributed by atoms with Gasteiger partial charge in [-0.15, -0.1) is 0 Å². The van der Waals surface area contributed by atoms with Gasteiger partial charge in [0.1, 0.15) is 6.04 Å². The highest BCUT2D eigenvalue weighted by Crippen LogP contribution is 2.25. The van der Waals surface area contributed by atoms with E-state index in [9.17, 15) is 28.2 Å². The summed E-state index contributed by atoms with van der Waals surface area (Å²) >= 11 is 0. The van der Waals surface area contributed by atoms with Crippen molar-refractivity contribution in [2.45, 2.75) is 64.1 Å². The summed E-state index contributed by atoms with van der Waals surface area (Å²) in [6, 6.07) is 12.9. The summed E-state index contributed by atoms with van der Waals surface area (Å²) in [7, 11) is -2.74. The second kappa shape index (κ2) is 14.4. The third-order valence-electron chi connectivity index (χ3n) is 6.53. The van der Waals surface area contributed by atoms with Crippen LogP contribution >= 0.6 is 0 Å². The van der Waals surface area contributed by atoms with Crippen molar-refractivity contribution < 1.29 is 33.4 Å². The van der Waals surface area contributed by atoms with Gasteiger partial charge in [-0.2, -0.15) is 4.31 Å². The highest BCUT2D eigenvalue weighted by molar-refractivity contribution is 7.89. The number of hydrogen-bond acceptors (Lipinski definition) is 7. The molecule has 41 heavy (non-hydrogen) atoms. The summed E-state index contributed by atoms with van der Waals surface area (Å²) in [5, 5.41) is 35.6. The minimum atomic E-state index is -4.05. The molecule has 11 nitrogen and oxygen atoms in total. The van der Waals surface area contributed by atoms with E-state index in [4.69, 9.17) is 5.21 Å². The van der Waals surface area contributed by atoms with Gasteiger partial charge in [0.25, 0.3) is 0 Å². The molecule has 2 aromatic carbocycles. The lowest BCUT2D eigenvalue weighted by atomic mass is 9.85. The number of hydrogen-bond donors (Lipinski definition) is 4. The largest absolute Gasteiger partial charge is 0.465 e. The van der Waals surface area contributed by atoms with Crippen LogP contribution in [0, 0.1) is 11.3 Å². The molecule has 3 atom stereocenters. The van der Waals surface area contributed by atoms with Crippen molar-refractivity contribution in [1.29, 1.82) is 0 Å². The number of carbonyl (C=O) groups is 2. The molecular weight excluding hydrogens is 548 g/mol. The van der Waals surface area contributed by atoms with Crippen LogP contribution in [0.4, 0.5) is 4.79 Å². The van der Waals surface area contributed by atoms with Gasteiger partial charge in [0.05, 0.1) is 23.3 Å². The van der Waals surface area contributed by atoms with Gasteiger partial charge in [-0.3, -0.25) is 9.69 Å². The highest BCUT2D eigenvalue weighted by atomic mass is 32.2.